The third kappa shape index (κ3) is 5.63. The van der Waals surface area contributed by atoms with Crippen molar-refractivity contribution in [2.45, 2.75) is 44.9 Å². The van der Waals surface area contributed by atoms with Gasteiger partial charge in [-0.05, 0) is 68.9 Å². The highest BCUT2D eigenvalue weighted by Gasteiger charge is 2.34. The molecule has 1 saturated carbocycles. The Hall–Kier alpha value is -2.34. The van der Waals surface area contributed by atoms with Gasteiger partial charge in [-0.2, -0.15) is 0 Å². The predicted octanol–water partition coefficient (Wildman–Crippen LogP) is 5.75. The first-order valence-electron chi connectivity index (χ1n) is 10.7. The summed E-state index contributed by atoms with van der Waals surface area (Å²) in [5.41, 5.74) is 1.17. The number of rotatable bonds is 6. The molecule has 30 heavy (non-hydrogen) atoms. The van der Waals surface area contributed by atoms with Crippen LogP contribution < -0.4 is 4.90 Å². The van der Waals surface area contributed by atoms with Crippen molar-refractivity contribution in [1.82, 2.24) is 4.90 Å². The Morgan fingerprint density at radius 1 is 1.03 bits per heavy atom. The van der Waals surface area contributed by atoms with Crippen molar-refractivity contribution < 1.29 is 18.0 Å². The molecule has 1 atom stereocenters. The maximum atomic E-state index is 14.1. The molecule has 0 N–H and O–H groups in total. The zero-order valence-electron chi connectivity index (χ0n) is 17.6. The summed E-state index contributed by atoms with van der Waals surface area (Å²) in [6.07, 6.45) is 6.31. The van der Waals surface area contributed by atoms with E-state index in [-0.39, 0.29) is 17.3 Å². The molecular weight excluding hydrogens is 389 g/mol. The topological polar surface area (TPSA) is 23.6 Å². The monoisotopic (exact) mass is 418 g/mol. The zero-order chi connectivity index (χ0) is 21.7. The smallest absolute Gasteiger partial charge is 0.261 e. The maximum Gasteiger partial charge on any atom is 0.261 e. The third-order valence-corrected chi connectivity index (χ3v) is 5.35. The highest BCUT2D eigenvalue weighted by atomic mass is 19.1. The van der Waals surface area contributed by atoms with E-state index in [2.05, 4.69) is 11.8 Å². The number of carbonyl (C=O) groups is 1. The van der Waals surface area contributed by atoms with Crippen LogP contribution in [0.4, 0.5) is 18.9 Å². The summed E-state index contributed by atoms with van der Waals surface area (Å²) in [6.45, 7) is 4.25. The van der Waals surface area contributed by atoms with Crippen LogP contribution in [0.5, 0.6) is 0 Å². The Balaban J connectivity index is 0.000000782. The van der Waals surface area contributed by atoms with Crippen molar-refractivity contribution in [2.75, 3.05) is 31.6 Å². The van der Waals surface area contributed by atoms with E-state index in [1.807, 2.05) is 7.05 Å². The van der Waals surface area contributed by atoms with Gasteiger partial charge in [-0.1, -0.05) is 26.2 Å². The lowest BCUT2D eigenvalue weighted by Crippen LogP contribution is -2.31. The molecule has 2 aliphatic rings. The Kier molecular flexibility index (Phi) is 7.53. The molecule has 1 aliphatic carbocycles. The predicted molar refractivity (Wildman–Crippen MR) is 113 cm³/mol. The third-order valence-electron chi connectivity index (χ3n) is 5.35. The van der Waals surface area contributed by atoms with Crippen molar-refractivity contribution in [3.63, 3.8) is 0 Å². The minimum atomic E-state index is -0.894. The normalized spacial score (nSPS) is 16.9. The molecule has 162 valence electrons. The fraction of sp³-hybridized carbons (Fsp3) is 0.458. The number of anilines is 1. The molecular formula is C24H29F3N2O. The average molecular weight is 419 g/mol. The minimum Gasteiger partial charge on any atom is -0.307 e. The molecule has 2 aromatic rings. The van der Waals surface area contributed by atoms with Crippen LogP contribution in [0.1, 0.15) is 60.9 Å². The molecule has 0 spiro atoms. The summed E-state index contributed by atoms with van der Waals surface area (Å²) >= 11 is 0. The summed E-state index contributed by atoms with van der Waals surface area (Å²) in [7, 11) is 2.03. The number of carbonyl (C=O) groups excluding carboxylic acids is 1. The zero-order valence-corrected chi connectivity index (χ0v) is 17.6. The van der Waals surface area contributed by atoms with Crippen LogP contribution in [0.3, 0.4) is 0 Å². The summed E-state index contributed by atoms with van der Waals surface area (Å²) in [5, 5.41) is 0. The van der Waals surface area contributed by atoms with E-state index in [9.17, 15) is 18.0 Å². The maximum absolute atomic E-state index is 14.1. The first kappa shape index (κ1) is 22.3. The van der Waals surface area contributed by atoms with Crippen LogP contribution in [0.2, 0.25) is 0 Å². The van der Waals surface area contributed by atoms with Crippen LogP contribution in [-0.4, -0.2) is 37.5 Å². The lowest BCUT2D eigenvalue weighted by atomic mass is 9.97. The van der Waals surface area contributed by atoms with Gasteiger partial charge >= 0.3 is 0 Å². The number of hydrogen-bond acceptors (Lipinski definition) is 2. The van der Waals surface area contributed by atoms with E-state index in [4.69, 9.17) is 0 Å². The SMILES string of the molecule is C1CC1.CCCN(C)CCC1CN(C(=O)c2ccc(F)cc2F)c2ccc(F)cc21. The van der Waals surface area contributed by atoms with E-state index in [1.54, 1.807) is 6.07 Å². The lowest BCUT2D eigenvalue weighted by Gasteiger charge is -2.20. The number of nitrogens with zero attached hydrogens (tertiary/aromatic N) is 2. The van der Waals surface area contributed by atoms with Gasteiger partial charge in [0, 0.05) is 24.2 Å². The van der Waals surface area contributed by atoms with Gasteiger partial charge in [-0.3, -0.25) is 4.79 Å². The van der Waals surface area contributed by atoms with Gasteiger partial charge in [0.05, 0.1) is 5.56 Å². The summed E-state index contributed by atoms with van der Waals surface area (Å²) in [4.78, 5) is 16.5. The van der Waals surface area contributed by atoms with E-state index in [0.717, 1.165) is 43.6 Å². The van der Waals surface area contributed by atoms with Gasteiger partial charge < -0.3 is 9.80 Å². The van der Waals surface area contributed by atoms with Crippen molar-refractivity contribution in [2.24, 2.45) is 0 Å². The molecule has 3 nitrogen and oxygen atoms in total. The van der Waals surface area contributed by atoms with Crippen LogP contribution >= 0.6 is 0 Å². The van der Waals surface area contributed by atoms with Gasteiger partial charge in [-0.15, -0.1) is 0 Å². The molecule has 0 saturated heterocycles. The second-order valence-electron chi connectivity index (χ2n) is 8.09. The van der Waals surface area contributed by atoms with Gasteiger partial charge in [0.1, 0.15) is 17.5 Å². The van der Waals surface area contributed by atoms with Crippen molar-refractivity contribution in [1.29, 1.82) is 0 Å². The Morgan fingerprint density at radius 2 is 1.70 bits per heavy atom. The van der Waals surface area contributed by atoms with Crippen LogP contribution in [-0.2, 0) is 0 Å². The number of hydrogen-bond donors (Lipinski definition) is 0. The van der Waals surface area contributed by atoms with Gasteiger partial charge in [0.15, 0.2) is 0 Å². The first-order chi connectivity index (χ1) is 14.4. The molecule has 1 amide bonds. The molecule has 1 unspecified atom stereocenters. The summed E-state index contributed by atoms with van der Waals surface area (Å²) in [5.74, 6) is -2.55. The molecule has 1 fully saturated rings. The Bertz CT molecular complexity index is 882. The van der Waals surface area contributed by atoms with Crippen LogP contribution in [0.15, 0.2) is 36.4 Å². The molecule has 1 aliphatic heterocycles. The van der Waals surface area contributed by atoms with Gasteiger partial charge in [0.25, 0.3) is 5.91 Å². The van der Waals surface area contributed by atoms with E-state index in [0.29, 0.717) is 18.3 Å². The van der Waals surface area contributed by atoms with E-state index < -0.39 is 17.5 Å². The molecule has 0 aromatic heterocycles. The highest BCUT2D eigenvalue weighted by Crippen LogP contribution is 2.39. The van der Waals surface area contributed by atoms with E-state index in [1.165, 1.54) is 36.3 Å². The second-order valence-corrected chi connectivity index (χ2v) is 8.09. The summed E-state index contributed by atoms with van der Waals surface area (Å²) in [6, 6.07) is 7.22. The van der Waals surface area contributed by atoms with E-state index >= 15 is 0 Å². The molecule has 0 bridgehead atoms. The Morgan fingerprint density at radius 3 is 2.33 bits per heavy atom. The molecule has 4 rings (SSSR count). The number of fused-ring (bicyclic) bond motifs is 1. The molecule has 0 radical (unpaired) electrons. The molecule has 6 heteroatoms. The van der Waals surface area contributed by atoms with Crippen molar-refractivity contribution in [3.8, 4) is 0 Å². The fourth-order valence-corrected chi connectivity index (χ4v) is 3.63. The average Bonchev–Trinajstić information content (AvgIpc) is 3.54. The Labute approximate surface area is 176 Å². The highest BCUT2D eigenvalue weighted by molar-refractivity contribution is 6.07. The van der Waals surface area contributed by atoms with Crippen molar-refractivity contribution in [3.05, 3.63) is 65.0 Å². The van der Waals surface area contributed by atoms with Crippen molar-refractivity contribution >= 4 is 11.6 Å². The number of amides is 1. The van der Waals surface area contributed by atoms with Gasteiger partial charge in [-0.25, -0.2) is 13.2 Å². The van der Waals surface area contributed by atoms with Crippen LogP contribution in [0, 0.1) is 17.5 Å². The van der Waals surface area contributed by atoms with Crippen LogP contribution in [0.25, 0.3) is 0 Å². The quantitative estimate of drug-likeness (QED) is 0.596. The fourth-order valence-electron chi connectivity index (χ4n) is 3.63. The lowest BCUT2D eigenvalue weighted by molar-refractivity contribution is 0.0984. The second kappa shape index (κ2) is 10.1. The van der Waals surface area contributed by atoms with Gasteiger partial charge in [0.2, 0.25) is 0 Å². The first-order valence-corrected chi connectivity index (χ1v) is 10.7. The number of benzene rings is 2. The summed E-state index contributed by atoms with van der Waals surface area (Å²) < 4.78 is 41.0. The number of halogens is 3. The largest absolute Gasteiger partial charge is 0.307 e. The standard InChI is InChI=1S/C21H23F3N2O.C3H6/c1-3-9-25(2)10-8-14-13-26(20-7-5-15(22)11-18(14)20)21(27)17-6-4-16(23)12-19(17)24;1-2-3-1/h4-7,11-12,14H,3,8-10,13H2,1-2H3;1-3H2. The molecule has 2 aromatic carbocycles. The minimum absolute atomic E-state index is 0.0255. The molecule has 1 heterocycles.